The normalized spacial score (nSPS) is 12.2. The van der Waals surface area contributed by atoms with Gasteiger partial charge in [-0.1, -0.05) is 36.4 Å². The average molecular weight is 428 g/mol. The predicted molar refractivity (Wildman–Crippen MR) is 119 cm³/mol. The zero-order valence-corrected chi connectivity index (χ0v) is 17.2. The number of methoxy groups -OCH3 is 1. The monoisotopic (exact) mass is 428 g/mol. The number of nitrogens with two attached hydrogens (primary N) is 1. The molecule has 4 aromatic rings. The average Bonchev–Trinajstić information content (AvgIpc) is 3.33. The van der Waals surface area contributed by atoms with Gasteiger partial charge >= 0.3 is 0 Å². The molecule has 4 rings (SSSR count). The van der Waals surface area contributed by atoms with E-state index in [0.29, 0.717) is 28.4 Å². The van der Waals surface area contributed by atoms with Crippen molar-refractivity contribution in [1.82, 2.24) is 20.3 Å². The third-order valence-electron chi connectivity index (χ3n) is 4.63. The molecule has 1 aromatic carbocycles. The maximum Gasteiger partial charge on any atom is 0.215 e. The Balaban J connectivity index is 1.73. The first kappa shape index (κ1) is 20.7. The highest BCUT2D eigenvalue weighted by atomic mass is 16.6. The number of rotatable bonds is 8. The minimum atomic E-state index is -0.986. The zero-order valence-electron chi connectivity index (χ0n) is 17.2. The molecule has 3 heterocycles. The molecule has 160 valence electrons. The van der Waals surface area contributed by atoms with Gasteiger partial charge in [0, 0.05) is 23.5 Å². The highest BCUT2D eigenvalue weighted by molar-refractivity contribution is 6.06. The molecule has 0 aliphatic carbocycles. The summed E-state index contributed by atoms with van der Waals surface area (Å²) in [5, 5.41) is 10.9. The summed E-state index contributed by atoms with van der Waals surface area (Å²) in [7, 11) is 1.53. The summed E-state index contributed by atoms with van der Waals surface area (Å²) in [5.41, 5.74) is 8.84. The van der Waals surface area contributed by atoms with E-state index in [-0.39, 0.29) is 11.4 Å². The molecule has 0 fully saturated rings. The molecular formula is C23H20N6O3. The summed E-state index contributed by atoms with van der Waals surface area (Å²) in [4.78, 5) is 21.9. The first-order chi connectivity index (χ1) is 15.7. The van der Waals surface area contributed by atoms with Gasteiger partial charge in [0.2, 0.25) is 5.78 Å². The molecule has 0 amide bonds. The van der Waals surface area contributed by atoms with Crippen LogP contribution in [0.4, 0.5) is 5.69 Å². The van der Waals surface area contributed by atoms with Crippen LogP contribution in [0.2, 0.25) is 0 Å². The Kier molecular flexibility index (Phi) is 6.17. The summed E-state index contributed by atoms with van der Waals surface area (Å²) in [6, 6.07) is 15.3. The van der Waals surface area contributed by atoms with Crippen molar-refractivity contribution in [3.63, 3.8) is 0 Å². The third-order valence-corrected chi connectivity index (χ3v) is 4.63. The summed E-state index contributed by atoms with van der Waals surface area (Å²) in [6.45, 7) is 0. The molecule has 9 heteroatoms. The van der Waals surface area contributed by atoms with Gasteiger partial charge in [-0.05, 0) is 28.5 Å². The number of nitrogens with one attached hydrogen (secondary N) is 1. The van der Waals surface area contributed by atoms with E-state index >= 15 is 0 Å². The van der Waals surface area contributed by atoms with Crippen LogP contribution in [0.15, 0.2) is 83.5 Å². The van der Waals surface area contributed by atoms with Crippen molar-refractivity contribution in [2.45, 2.75) is 6.04 Å². The van der Waals surface area contributed by atoms with Gasteiger partial charge < -0.3 is 15.8 Å². The van der Waals surface area contributed by atoms with Crippen LogP contribution in [-0.4, -0.2) is 39.2 Å². The van der Waals surface area contributed by atoms with Crippen LogP contribution in [0, 0.1) is 0 Å². The molecule has 0 saturated heterocycles. The van der Waals surface area contributed by atoms with E-state index in [4.69, 9.17) is 15.1 Å². The van der Waals surface area contributed by atoms with Crippen molar-refractivity contribution in [1.29, 1.82) is 0 Å². The third kappa shape index (κ3) is 4.62. The minimum Gasteiger partial charge on any atom is -0.495 e. The molecule has 0 spiro atoms. The topological polar surface area (TPSA) is 129 Å². The second-order valence-electron chi connectivity index (χ2n) is 6.78. The van der Waals surface area contributed by atoms with E-state index in [9.17, 15) is 4.79 Å². The van der Waals surface area contributed by atoms with E-state index in [2.05, 4.69) is 25.6 Å². The Morgan fingerprint density at radius 2 is 1.94 bits per heavy atom. The first-order valence-corrected chi connectivity index (χ1v) is 9.71. The van der Waals surface area contributed by atoms with Crippen LogP contribution >= 0.6 is 0 Å². The van der Waals surface area contributed by atoms with Gasteiger partial charge in [0.1, 0.15) is 17.5 Å². The Morgan fingerprint density at radius 3 is 2.69 bits per heavy atom. The molecule has 9 nitrogen and oxygen atoms in total. The van der Waals surface area contributed by atoms with E-state index in [1.807, 2.05) is 36.4 Å². The molecule has 1 atom stereocenters. The second kappa shape index (κ2) is 9.52. The van der Waals surface area contributed by atoms with E-state index in [0.717, 1.165) is 0 Å². The number of carbonyl (C=O) groups excluding carboxylic acids is 1. The zero-order chi connectivity index (χ0) is 22.3. The lowest BCUT2D eigenvalue weighted by atomic mass is 10.0. The molecule has 3 N–H and O–H groups in total. The van der Waals surface area contributed by atoms with Crippen LogP contribution in [0.1, 0.15) is 16.2 Å². The smallest absolute Gasteiger partial charge is 0.215 e. The number of anilines is 1. The number of benzene rings is 1. The van der Waals surface area contributed by atoms with Crippen LogP contribution in [0.3, 0.4) is 0 Å². The van der Waals surface area contributed by atoms with Gasteiger partial charge in [-0.3, -0.25) is 14.8 Å². The van der Waals surface area contributed by atoms with Crippen molar-refractivity contribution < 1.29 is 14.2 Å². The second-order valence-corrected chi connectivity index (χ2v) is 6.78. The van der Waals surface area contributed by atoms with Gasteiger partial charge in [-0.15, -0.1) is 0 Å². The van der Waals surface area contributed by atoms with Gasteiger partial charge in [0.05, 0.1) is 30.9 Å². The van der Waals surface area contributed by atoms with E-state index < -0.39 is 11.8 Å². The molecule has 0 aliphatic rings. The standard InChI is InChI=1S/C23H20N6O3/c1-31-18-11-17(13-25-14-18)27-21(19(24)12-16-9-5-6-10-26-16)23(30)22-20(28-32-29-22)15-7-3-2-4-8-15/h2-14,21,27H,24H2,1H3. The Bertz CT molecular complexity index is 1220. The van der Waals surface area contributed by atoms with Gasteiger partial charge in [-0.25, -0.2) is 4.63 Å². The number of ketones is 1. The molecule has 0 radical (unpaired) electrons. The quantitative estimate of drug-likeness (QED) is 0.406. The van der Waals surface area contributed by atoms with Gasteiger partial charge in [0.15, 0.2) is 5.69 Å². The fraction of sp³-hybridized carbons (Fsp3) is 0.0870. The molecule has 0 bridgehead atoms. The number of aromatic nitrogens is 4. The molecule has 0 saturated carbocycles. The number of ether oxygens (including phenoxy) is 1. The van der Waals surface area contributed by atoms with E-state index in [1.54, 1.807) is 42.9 Å². The molecule has 0 aliphatic heterocycles. The lowest BCUT2D eigenvalue weighted by Gasteiger charge is -2.19. The number of Topliss-reactive ketones (excluding diaryl/α,β-unsaturated/α-hetero) is 1. The molecule has 1 unspecified atom stereocenters. The summed E-state index contributed by atoms with van der Waals surface area (Å²) < 4.78 is 10.1. The SMILES string of the molecule is COc1cncc(NC(C(=O)c2nonc2-c2ccccc2)C(N)=Cc2ccccn2)c1. The first-order valence-electron chi connectivity index (χ1n) is 9.71. The molecule has 3 aromatic heterocycles. The van der Waals surface area contributed by atoms with Crippen molar-refractivity contribution in [3.05, 3.63) is 90.3 Å². The maximum absolute atomic E-state index is 13.6. The van der Waals surface area contributed by atoms with Crippen molar-refractivity contribution in [2.75, 3.05) is 12.4 Å². The Morgan fingerprint density at radius 1 is 1.12 bits per heavy atom. The molecular weight excluding hydrogens is 408 g/mol. The van der Waals surface area contributed by atoms with Crippen molar-refractivity contribution >= 4 is 17.5 Å². The van der Waals surface area contributed by atoms with Crippen LogP contribution in [-0.2, 0) is 0 Å². The van der Waals surface area contributed by atoms with Crippen molar-refractivity contribution in [3.8, 4) is 17.0 Å². The van der Waals surface area contributed by atoms with Crippen LogP contribution in [0.25, 0.3) is 17.3 Å². The lowest BCUT2D eigenvalue weighted by Crippen LogP contribution is -2.35. The summed E-state index contributed by atoms with van der Waals surface area (Å²) in [5.74, 6) is 0.110. The minimum absolute atomic E-state index is 0.0573. The Hall–Kier alpha value is -4.53. The number of hydrogen-bond acceptors (Lipinski definition) is 9. The van der Waals surface area contributed by atoms with Crippen molar-refractivity contribution in [2.24, 2.45) is 5.73 Å². The number of carbonyl (C=O) groups is 1. The highest BCUT2D eigenvalue weighted by Gasteiger charge is 2.29. The fourth-order valence-corrected chi connectivity index (χ4v) is 3.06. The highest BCUT2D eigenvalue weighted by Crippen LogP contribution is 2.24. The fourth-order valence-electron chi connectivity index (χ4n) is 3.06. The predicted octanol–water partition coefficient (Wildman–Crippen LogP) is 3.20. The van der Waals surface area contributed by atoms with Crippen LogP contribution < -0.4 is 15.8 Å². The largest absolute Gasteiger partial charge is 0.495 e. The van der Waals surface area contributed by atoms with Crippen LogP contribution in [0.5, 0.6) is 5.75 Å². The maximum atomic E-state index is 13.6. The molecule has 32 heavy (non-hydrogen) atoms. The van der Waals surface area contributed by atoms with Gasteiger partial charge in [-0.2, -0.15) is 0 Å². The Labute approximate surface area is 183 Å². The lowest BCUT2D eigenvalue weighted by molar-refractivity contribution is 0.0972. The summed E-state index contributed by atoms with van der Waals surface area (Å²) >= 11 is 0. The number of nitrogens with zero attached hydrogens (tertiary/aromatic N) is 4. The number of hydrogen-bond donors (Lipinski definition) is 2. The van der Waals surface area contributed by atoms with E-state index in [1.165, 1.54) is 7.11 Å². The summed E-state index contributed by atoms with van der Waals surface area (Å²) in [6.07, 6.45) is 6.39. The number of pyridine rings is 2. The van der Waals surface area contributed by atoms with Gasteiger partial charge in [0.25, 0.3) is 0 Å².